The van der Waals surface area contributed by atoms with Gasteiger partial charge in [-0.25, -0.2) is 0 Å². The van der Waals surface area contributed by atoms with Crippen molar-refractivity contribution in [3.05, 3.63) is 45.5 Å². The van der Waals surface area contributed by atoms with Crippen molar-refractivity contribution < 1.29 is 4.79 Å². The van der Waals surface area contributed by atoms with E-state index in [4.69, 9.17) is 23.2 Å². The van der Waals surface area contributed by atoms with Gasteiger partial charge in [-0.2, -0.15) is 0 Å². The Morgan fingerprint density at radius 1 is 1.37 bits per heavy atom. The van der Waals surface area contributed by atoms with Crippen LogP contribution in [0.1, 0.15) is 16.8 Å². The molecule has 3 nitrogen and oxygen atoms in total. The maximum atomic E-state index is 12.0. The standard InChI is InChI=1S/C13H14Cl2N2O.ClH/c14-10-1-2-12(15)11(7-10)13(18)17-8-9-3-5-16-6-4-9;/h1-3,7,16H,4-6,8H2,(H,17,18);1H. The molecule has 0 atom stereocenters. The fraction of sp³-hybridized carbons (Fsp3) is 0.308. The van der Waals surface area contributed by atoms with Gasteiger partial charge in [0.15, 0.2) is 0 Å². The molecule has 1 heterocycles. The highest BCUT2D eigenvalue weighted by molar-refractivity contribution is 6.35. The van der Waals surface area contributed by atoms with E-state index in [1.807, 2.05) is 0 Å². The van der Waals surface area contributed by atoms with Crippen LogP contribution >= 0.6 is 35.6 Å². The highest BCUT2D eigenvalue weighted by Gasteiger charge is 2.11. The summed E-state index contributed by atoms with van der Waals surface area (Å²) in [5, 5.41) is 7.00. The molecule has 104 valence electrons. The average Bonchev–Trinajstić information content (AvgIpc) is 2.40. The predicted octanol–water partition coefficient (Wildman–Crippen LogP) is 3.06. The minimum absolute atomic E-state index is 0. The summed E-state index contributed by atoms with van der Waals surface area (Å²) in [5.41, 5.74) is 1.65. The highest BCUT2D eigenvalue weighted by atomic mass is 35.5. The van der Waals surface area contributed by atoms with Crippen molar-refractivity contribution in [2.45, 2.75) is 6.42 Å². The van der Waals surface area contributed by atoms with Crippen molar-refractivity contribution in [3.63, 3.8) is 0 Å². The quantitative estimate of drug-likeness (QED) is 0.840. The smallest absolute Gasteiger partial charge is 0.253 e. The van der Waals surface area contributed by atoms with Crippen LogP contribution in [0.15, 0.2) is 29.8 Å². The molecule has 0 aliphatic carbocycles. The van der Waals surface area contributed by atoms with Crippen LogP contribution in [-0.2, 0) is 0 Å². The molecule has 0 saturated heterocycles. The molecule has 1 aliphatic rings. The predicted molar refractivity (Wildman–Crippen MR) is 81.6 cm³/mol. The highest BCUT2D eigenvalue weighted by Crippen LogP contribution is 2.20. The van der Waals surface area contributed by atoms with Gasteiger partial charge < -0.3 is 10.6 Å². The number of carbonyl (C=O) groups excluding carboxylic acids is 1. The Balaban J connectivity index is 0.00000180. The summed E-state index contributed by atoms with van der Waals surface area (Å²) < 4.78 is 0. The van der Waals surface area contributed by atoms with Crippen LogP contribution in [0.25, 0.3) is 0 Å². The summed E-state index contributed by atoms with van der Waals surface area (Å²) in [7, 11) is 0. The fourth-order valence-corrected chi connectivity index (χ4v) is 2.17. The van der Waals surface area contributed by atoms with Gasteiger partial charge in [0, 0.05) is 18.1 Å². The SMILES string of the molecule is Cl.O=C(NCC1=CCNCC1)c1cc(Cl)ccc1Cl. The summed E-state index contributed by atoms with van der Waals surface area (Å²) in [6.07, 6.45) is 3.06. The minimum atomic E-state index is -0.193. The van der Waals surface area contributed by atoms with Gasteiger partial charge >= 0.3 is 0 Å². The third kappa shape index (κ3) is 4.69. The first-order valence-electron chi connectivity index (χ1n) is 5.78. The zero-order chi connectivity index (χ0) is 13.0. The van der Waals surface area contributed by atoms with E-state index < -0.39 is 0 Å². The molecule has 0 radical (unpaired) electrons. The molecule has 1 aromatic carbocycles. The van der Waals surface area contributed by atoms with E-state index >= 15 is 0 Å². The summed E-state index contributed by atoms with van der Waals surface area (Å²) in [6, 6.07) is 4.87. The molecule has 0 fully saturated rings. The maximum Gasteiger partial charge on any atom is 0.253 e. The van der Waals surface area contributed by atoms with Gasteiger partial charge in [0.2, 0.25) is 0 Å². The van der Waals surface area contributed by atoms with Crippen molar-refractivity contribution >= 4 is 41.5 Å². The van der Waals surface area contributed by atoms with E-state index in [9.17, 15) is 4.79 Å². The monoisotopic (exact) mass is 320 g/mol. The second-order valence-corrected chi connectivity index (χ2v) is 4.97. The van der Waals surface area contributed by atoms with Crippen molar-refractivity contribution in [3.8, 4) is 0 Å². The maximum absolute atomic E-state index is 12.0. The Labute approximate surface area is 128 Å². The first-order valence-corrected chi connectivity index (χ1v) is 6.54. The molecule has 0 saturated carbocycles. The van der Waals surface area contributed by atoms with E-state index in [1.54, 1.807) is 18.2 Å². The minimum Gasteiger partial charge on any atom is -0.348 e. The van der Waals surface area contributed by atoms with Gasteiger partial charge in [0.1, 0.15) is 0 Å². The van der Waals surface area contributed by atoms with Crippen LogP contribution in [0.2, 0.25) is 10.0 Å². The van der Waals surface area contributed by atoms with Crippen molar-refractivity contribution in [1.29, 1.82) is 0 Å². The van der Waals surface area contributed by atoms with E-state index in [0.717, 1.165) is 19.5 Å². The number of nitrogens with one attached hydrogen (secondary N) is 2. The zero-order valence-electron chi connectivity index (χ0n) is 10.2. The van der Waals surface area contributed by atoms with Gasteiger partial charge in [0.25, 0.3) is 5.91 Å². The van der Waals surface area contributed by atoms with E-state index in [1.165, 1.54) is 5.57 Å². The number of amides is 1. The lowest BCUT2D eigenvalue weighted by atomic mass is 10.1. The van der Waals surface area contributed by atoms with Gasteiger partial charge in [-0.05, 0) is 31.2 Å². The van der Waals surface area contributed by atoms with Gasteiger partial charge in [-0.15, -0.1) is 12.4 Å². The average molecular weight is 322 g/mol. The summed E-state index contributed by atoms with van der Waals surface area (Å²) in [6.45, 7) is 2.38. The second kappa shape index (κ2) is 7.75. The first-order chi connectivity index (χ1) is 8.66. The molecule has 1 aromatic rings. The van der Waals surface area contributed by atoms with Crippen LogP contribution < -0.4 is 10.6 Å². The van der Waals surface area contributed by atoms with Gasteiger partial charge in [0.05, 0.1) is 10.6 Å². The Kier molecular flexibility index (Phi) is 6.66. The van der Waals surface area contributed by atoms with Crippen LogP contribution in [0.3, 0.4) is 0 Å². The van der Waals surface area contributed by atoms with Crippen LogP contribution in [0.4, 0.5) is 0 Å². The van der Waals surface area contributed by atoms with E-state index in [-0.39, 0.29) is 18.3 Å². The number of halogens is 3. The Morgan fingerprint density at radius 3 is 2.84 bits per heavy atom. The number of hydrogen-bond acceptors (Lipinski definition) is 2. The first kappa shape index (κ1) is 16.3. The third-order valence-corrected chi connectivity index (χ3v) is 3.37. The number of benzene rings is 1. The number of rotatable bonds is 3. The Hall–Kier alpha value is -0.740. The zero-order valence-corrected chi connectivity index (χ0v) is 12.5. The van der Waals surface area contributed by atoms with E-state index in [0.29, 0.717) is 22.2 Å². The molecule has 0 spiro atoms. The molecule has 2 rings (SSSR count). The Bertz CT molecular complexity index is 489. The molecule has 0 aromatic heterocycles. The Morgan fingerprint density at radius 2 is 2.16 bits per heavy atom. The second-order valence-electron chi connectivity index (χ2n) is 4.12. The van der Waals surface area contributed by atoms with Crippen molar-refractivity contribution in [1.82, 2.24) is 10.6 Å². The van der Waals surface area contributed by atoms with E-state index in [2.05, 4.69) is 16.7 Å². The number of carbonyl (C=O) groups is 1. The van der Waals surface area contributed by atoms with Crippen LogP contribution in [0.5, 0.6) is 0 Å². The van der Waals surface area contributed by atoms with Crippen LogP contribution in [-0.4, -0.2) is 25.5 Å². The van der Waals surface area contributed by atoms with Gasteiger partial charge in [-0.1, -0.05) is 34.9 Å². The molecule has 1 aliphatic heterocycles. The lowest BCUT2D eigenvalue weighted by Crippen LogP contribution is -2.29. The lowest BCUT2D eigenvalue weighted by Gasteiger charge is -2.14. The fourth-order valence-electron chi connectivity index (χ4n) is 1.79. The normalized spacial score (nSPS) is 14.3. The molecule has 1 amide bonds. The lowest BCUT2D eigenvalue weighted by molar-refractivity contribution is 0.0957. The molecule has 0 unspecified atom stereocenters. The molecular weight excluding hydrogens is 307 g/mol. The summed E-state index contributed by atoms with van der Waals surface area (Å²) >= 11 is 11.8. The summed E-state index contributed by atoms with van der Waals surface area (Å²) in [4.78, 5) is 12.0. The topological polar surface area (TPSA) is 41.1 Å². The molecular formula is C13H15Cl3N2O. The molecule has 2 N–H and O–H groups in total. The molecule has 0 bridgehead atoms. The third-order valence-electron chi connectivity index (χ3n) is 2.81. The molecule has 19 heavy (non-hydrogen) atoms. The molecule has 6 heteroatoms. The van der Waals surface area contributed by atoms with Crippen LogP contribution in [0, 0.1) is 0 Å². The van der Waals surface area contributed by atoms with Gasteiger partial charge in [-0.3, -0.25) is 4.79 Å². The van der Waals surface area contributed by atoms with Crippen molar-refractivity contribution in [2.24, 2.45) is 0 Å². The summed E-state index contributed by atoms with van der Waals surface area (Å²) in [5.74, 6) is -0.193. The van der Waals surface area contributed by atoms with Crippen molar-refractivity contribution in [2.75, 3.05) is 19.6 Å². The number of hydrogen-bond donors (Lipinski definition) is 2. The largest absolute Gasteiger partial charge is 0.348 e.